The first kappa shape index (κ1) is 21.9. The van der Waals surface area contributed by atoms with E-state index in [2.05, 4.69) is 44.3 Å². The summed E-state index contributed by atoms with van der Waals surface area (Å²) in [6.45, 7) is 9.83. The second-order valence-electron chi connectivity index (χ2n) is 5.83. The van der Waals surface area contributed by atoms with Crippen molar-refractivity contribution in [3.63, 3.8) is 0 Å². The van der Waals surface area contributed by atoms with Crippen LogP contribution in [0.5, 0.6) is 0 Å². The summed E-state index contributed by atoms with van der Waals surface area (Å²) in [4.78, 5) is 0. The van der Waals surface area contributed by atoms with Crippen molar-refractivity contribution >= 4 is 7.82 Å². The number of phosphoric ester groups is 1. The van der Waals surface area contributed by atoms with Crippen LogP contribution in [-0.2, 0) is 31.0 Å². The van der Waals surface area contributed by atoms with Crippen molar-refractivity contribution in [2.75, 3.05) is 19.8 Å². The summed E-state index contributed by atoms with van der Waals surface area (Å²) < 4.78 is 28.0. The van der Waals surface area contributed by atoms with Gasteiger partial charge in [-0.1, -0.05) is 56.2 Å². The quantitative estimate of drug-likeness (QED) is 0.221. The molecule has 0 N–H and O–H groups in total. The Bertz CT molecular complexity index is 523. The van der Waals surface area contributed by atoms with Gasteiger partial charge in [-0.15, -0.1) is 13.2 Å². The minimum absolute atomic E-state index is 0.119. The molecule has 0 bridgehead atoms. The fraction of sp³-hybridized carbons (Fsp3) is 0.500. The Hall–Kier alpha value is -1.19. The lowest BCUT2D eigenvalue weighted by molar-refractivity contribution is 0.130. The zero-order valence-electron chi connectivity index (χ0n) is 15.3. The third-order valence-electron chi connectivity index (χ3n) is 3.65. The molecule has 0 unspecified atom stereocenters. The molecular formula is C20H31O4P. The smallest absolute Gasteiger partial charge is 0.287 e. The number of benzene rings is 1. The Balaban J connectivity index is 2.35. The van der Waals surface area contributed by atoms with Gasteiger partial charge >= 0.3 is 7.82 Å². The van der Waals surface area contributed by atoms with Crippen molar-refractivity contribution in [3.05, 3.63) is 60.7 Å². The van der Waals surface area contributed by atoms with Gasteiger partial charge in [0, 0.05) is 0 Å². The maximum atomic E-state index is 12.3. The molecule has 1 rings (SSSR count). The van der Waals surface area contributed by atoms with Crippen molar-refractivity contribution < 1.29 is 18.1 Å². The van der Waals surface area contributed by atoms with E-state index in [1.54, 1.807) is 0 Å². The van der Waals surface area contributed by atoms with E-state index in [0.717, 1.165) is 19.3 Å². The number of hydrogen-bond acceptors (Lipinski definition) is 4. The molecule has 140 valence electrons. The van der Waals surface area contributed by atoms with Crippen LogP contribution in [0.2, 0.25) is 0 Å². The largest absolute Gasteiger partial charge is 0.475 e. The van der Waals surface area contributed by atoms with Crippen LogP contribution in [0.1, 0.15) is 43.7 Å². The minimum atomic E-state index is -3.54. The van der Waals surface area contributed by atoms with Gasteiger partial charge in [0.05, 0.1) is 19.8 Å². The highest BCUT2D eigenvalue weighted by Crippen LogP contribution is 2.49. The summed E-state index contributed by atoms with van der Waals surface area (Å²) in [7, 11) is -3.54. The summed E-state index contributed by atoms with van der Waals surface area (Å²) in [6, 6.07) is 8.70. The van der Waals surface area contributed by atoms with Crippen LogP contribution in [0, 0.1) is 0 Å². The maximum absolute atomic E-state index is 12.3. The van der Waals surface area contributed by atoms with Crippen LogP contribution < -0.4 is 0 Å². The molecule has 0 aliphatic carbocycles. The van der Waals surface area contributed by atoms with Gasteiger partial charge in [-0.25, -0.2) is 4.57 Å². The molecule has 0 saturated heterocycles. The summed E-state index contributed by atoms with van der Waals surface area (Å²) in [5, 5.41) is 0. The number of phosphoric acid groups is 1. The van der Waals surface area contributed by atoms with Crippen molar-refractivity contribution in [1.82, 2.24) is 0 Å². The average Bonchev–Trinajstić information content (AvgIpc) is 2.63. The summed E-state index contributed by atoms with van der Waals surface area (Å²) in [6.07, 6.45) is 9.53. The number of aryl methyl sites for hydroxylation is 2. The normalized spacial score (nSPS) is 11.4. The average molecular weight is 366 g/mol. The number of rotatable bonds is 15. The minimum Gasteiger partial charge on any atom is -0.287 e. The number of unbranched alkanes of at least 4 members (excludes halogenated alkanes) is 2. The fourth-order valence-corrected chi connectivity index (χ4v) is 3.46. The first-order valence-corrected chi connectivity index (χ1v) is 10.4. The SMILES string of the molecule is C=CCOP(=O)(OCC=C)OCCCc1ccc(CCCCC)cc1. The molecule has 0 heterocycles. The lowest BCUT2D eigenvalue weighted by atomic mass is 10.0. The van der Waals surface area contributed by atoms with Crippen molar-refractivity contribution in [2.45, 2.75) is 45.4 Å². The maximum Gasteiger partial charge on any atom is 0.475 e. The van der Waals surface area contributed by atoms with Gasteiger partial charge in [0.2, 0.25) is 0 Å². The molecule has 0 atom stereocenters. The van der Waals surface area contributed by atoms with Crippen LogP contribution in [-0.4, -0.2) is 19.8 Å². The van der Waals surface area contributed by atoms with E-state index in [4.69, 9.17) is 13.6 Å². The molecule has 0 saturated carbocycles. The highest BCUT2D eigenvalue weighted by Gasteiger charge is 2.25. The Morgan fingerprint density at radius 2 is 1.40 bits per heavy atom. The van der Waals surface area contributed by atoms with Gasteiger partial charge in [0.15, 0.2) is 0 Å². The van der Waals surface area contributed by atoms with Crippen LogP contribution >= 0.6 is 7.82 Å². The van der Waals surface area contributed by atoms with Crippen molar-refractivity contribution in [3.8, 4) is 0 Å². The van der Waals surface area contributed by atoms with E-state index in [-0.39, 0.29) is 13.2 Å². The van der Waals surface area contributed by atoms with Gasteiger partial charge < -0.3 is 0 Å². The number of hydrogen-bond donors (Lipinski definition) is 0. The second kappa shape index (κ2) is 13.1. The third-order valence-corrected chi connectivity index (χ3v) is 5.08. The molecule has 0 radical (unpaired) electrons. The van der Waals surface area contributed by atoms with Crippen molar-refractivity contribution in [1.29, 1.82) is 0 Å². The lowest BCUT2D eigenvalue weighted by Gasteiger charge is -2.16. The molecule has 0 spiro atoms. The Morgan fingerprint density at radius 1 is 0.880 bits per heavy atom. The van der Waals surface area contributed by atoms with Crippen LogP contribution in [0.3, 0.4) is 0 Å². The molecule has 0 aliphatic rings. The Labute approximate surface area is 152 Å². The zero-order chi connectivity index (χ0) is 18.4. The topological polar surface area (TPSA) is 44.8 Å². The van der Waals surface area contributed by atoms with Gasteiger partial charge in [-0.3, -0.25) is 13.6 Å². The fourth-order valence-electron chi connectivity index (χ4n) is 2.30. The summed E-state index contributed by atoms with van der Waals surface area (Å²) >= 11 is 0. The molecule has 1 aromatic rings. The van der Waals surface area contributed by atoms with E-state index in [1.807, 2.05) is 0 Å². The molecule has 0 aromatic heterocycles. The Kier molecular flexibility index (Phi) is 11.4. The van der Waals surface area contributed by atoms with E-state index < -0.39 is 7.82 Å². The molecule has 4 nitrogen and oxygen atoms in total. The van der Waals surface area contributed by atoms with Gasteiger partial charge in [-0.05, 0) is 36.8 Å². The molecule has 25 heavy (non-hydrogen) atoms. The predicted molar refractivity (Wildman–Crippen MR) is 104 cm³/mol. The molecule has 1 aromatic carbocycles. The molecule has 0 fully saturated rings. The van der Waals surface area contributed by atoms with Crippen LogP contribution in [0.25, 0.3) is 0 Å². The lowest BCUT2D eigenvalue weighted by Crippen LogP contribution is -2.03. The summed E-state index contributed by atoms with van der Waals surface area (Å²) in [5.74, 6) is 0. The van der Waals surface area contributed by atoms with E-state index in [0.29, 0.717) is 6.61 Å². The van der Waals surface area contributed by atoms with E-state index >= 15 is 0 Å². The molecule has 5 heteroatoms. The van der Waals surface area contributed by atoms with Gasteiger partial charge in [-0.2, -0.15) is 0 Å². The zero-order valence-corrected chi connectivity index (χ0v) is 16.2. The first-order chi connectivity index (χ1) is 12.1. The van der Waals surface area contributed by atoms with E-state index in [9.17, 15) is 4.57 Å². The second-order valence-corrected chi connectivity index (χ2v) is 7.50. The van der Waals surface area contributed by atoms with E-state index in [1.165, 1.54) is 42.5 Å². The highest BCUT2D eigenvalue weighted by atomic mass is 31.2. The van der Waals surface area contributed by atoms with Crippen molar-refractivity contribution in [2.24, 2.45) is 0 Å². The summed E-state index contributed by atoms with van der Waals surface area (Å²) in [5.41, 5.74) is 2.63. The van der Waals surface area contributed by atoms with Crippen LogP contribution in [0.15, 0.2) is 49.6 Å². The molecule has 0 aliphatic heterocycles. The first-order valence-electron chi connectivity index (χ1n) is 8.96. The third kappa shape index (κ3) is 9.76. The van der Waals surface area contributed by atoms with Crippen LogP contribution in [0.4, 0.5) is 0 Å². The van der Waals surface area contributed by atoms with Gasteiger partial charge in [0.25, 0.3) is 0 Å². The monoisotopic (exact) mass is 366 g/mol. The molecular weight excluding hydrogens is 335 g/mol. The molecule has 0 amide bonds. The van der Waals surface area contributed by atoms with Gasteiger partial charge in [0.1, 0.15) is 0 Å². The predicted octanol–water partition coefficient (Wildman–Crippen LogP) is 5.88. The highest BCUT2D eigenvalue weighted by molar-refractivity contribution is 7.48. The Morgan fingerprint density at radius 3 is 1.88 bits per heavy atom. The standard InChI is InChI=1S/C20H31O4P/c1-4-7-8-10-19-12-14-20(15-13-19)11-9-18-24-25(21,22-16-5-2)23-17-6-3/h5-6,12-15H,2-4,7-11,16-18H2,1H3.